The van der Waals surface area contributed by atoms with Gasteiger partial charge in [0, 0.05) is 5.92 Å². The molecule has 2 nitrogen and oxygen atoms in total. The Hall–Kier alpha value is -1.44. The van der Waals surface area contributed by atoms with Crippen LogP contribution in [0.25, 0.3) is 0 Å². The topological polar surface area (TPSA) is 25.8 Å². The summed E-state index contributed by atoms with van der Waals surface area (Å²) >= 11 is 0. The quantitative estimate of drug-likeness (QED) is 0.732. The van der Waals surface area contributed by atoms with Crippen LogP contribution in [0.2, 0.25) is 0 Å². The van der Waals surface area contributed by atoms with Crippen LogP contribution in [0, 0.1) is 26.7 Å². The number of nitrogens with zero attached hydrogens (tertiary/aromatic N) is 2. The highest BCUT2D eigenvalue weighted by Crippen LogP contribution is 2.34. The van der Waals surface area contributed by atoms with E-state index in [9.17, 15) is 0 Å². The number of aromatic nitrogens is 2. The molecule has 0 fully saturated rings. The van der Waals surface area contributed by atoms with Crippen molar-refractivity contribution in [3.05, 3.63) is 47.1 Å². The molecule has 18 heavy (non-hydrogen) atoms. The van der Waals surface area contributed by atoms with Crippen LogP contribution < -0.4 is 0 Å². The summed E-state index contributed by atoms with van der Waals surface area (Å²) in [4.78, 5) is 9.35. The molecule has 0 spiro atoms. The molecule has 1 heterocycles. The lowest BCUT2D eigenvalue weighted by atomic mass is 9.81. The van der Waals surface area contributed by atoms with Gasteiger partial charge < -0.3 is 0 Å². The van der Waals surface area contributed by atoms with Crippen LogP contribution >= 0.6 is 0 Å². The molecule has 96 valence electrons. The summed E-state index contributed by atoms with van der Waals surface area (Å²) in [6.45, 7) is 12.3. The molecule has 2 atom stereocenters. The van der Waals surface area contributed by atoms with E-state index < -0.39 is 0 Å². The predicted molar refractivity (Wildman–Crippen MR) is 75.7 cm³/mol. The first-order valence-electron chi connectivity index (χ1n) is 6.62. The van der Waals surface area contributed by atoms with E-state index in [1.807, 2.05) is 13.8 Å². The molecule has 0 saturated carbocycles. The minimum absolute atomic E-state index is 0.396. The first kappa shape index (κ1) is 13.0. The van der Waals surface area contributed by atoms with Crippen LogP contribution in [0.4, 0.5) is 0 Å². The molecule has 1 aliphatic carbocycles. The first-order chi connectivity index (χ1) is 8.49. The Bertz CT molecular complexity index is 500. The van der Waals surface area contributed by atoms with E-state index in [1.54, 1.807) is 0 Å². The fourth-order valence-corrected chi connectivity index (χ4v) is 2.58. The van der Waals surface area contributed by atoms with Gasteiger partial charge in [-0.3, -0.25) is 9.97 Å². The van der Waals surface area contributed by atoms with Gasteiger partial charge in [0.1, 0.15) is 0 Å². The van der Waals surface area contributed by atoms with Gasteiger partial charge in [-0.25, -0.2) is 0 Å². The third kappa shape index (κ3) is 2.53. The average Bonchev–Trinajstić information content (AvgIpc) is 2.34. The van der Waals surface area contributed by atoms with E-state index in [4.69, 9.17) is 4.98 Å². The van der Waals surface area contributed by atoms with Crippen molar-refractivity contribution in [1.82, 2.24) is 9.97 Å². The zero-order valence-electron chi connectivity index (χ0n) is 11.8. The lowest BCUT2D eigenvalue weighted by Gasteiger charge is -2.25. The molecule has 1 aliphatic rings. The zero-order chi connectivity index (χ0) is 13.3. The van der Waals surface area contributed by atoms with Crippen LogP contribution in [-0.2, 0) is 0 Å². The van der Waals surface area contributed by atoms with Crippen molar-refractivity contribution in [2.24, 2.45) is 5.92 Å². The van der Waals surface area contributed by atoms with Crippen molar-refractivity contribution in [1.29, 1.82) is 0 Å². The average molecular weight is 242 g/mol. The maximum atomic E-state index is 4.75. The van der Waals surface area contributed by atoms with Crippen molar-refractivity contribution >= 4 is 0 Å². The number of hydrogen-bond donors (Lipinski definition) is 0. The minimum atomic E-state index is 0.396. The molecule has 2 heteroatoms. The third-order valence-corrected chi connectivity index (χ3v) is 3.89. The van der Waals surface area contributed by atoms with Gasteiger partial charge in [0.25, 0.3) is 0 Å². The highest BCUT2D eigenvalue weighted by atomic mass is 14.8. The van der Waals surface area contributed by atoms with Gasteiger partial charge in [0.2, 0.25) is 0 Å². The van der Waals surface area contributed by atoms with Crippen LogP contribution in [0.1, 0.15) is 48.5 Å². The van der Waals surface area contributed by atoms with Crippen LogP contribution in [0.5, 0.6) is 0 Å². The van der Waals surface area contributed by atoms with Crippen LogP contribution in [-0.4, -0.2) is 9.97 Å². The Morgan fingerprint density at radius 1 is 1.17 bits per heavy atom. The molecule has 2 unspecified atom stereocenters. The molecular weight excluding hydrogens is 220 g/mol. The van der Waals surface area contributed by atoms with Crippen molar-refractivity contribution in [2.45, 2.75) is 46.5 Å². The number of rotatable bonds is 2. The van der Waals surface area contributed by atoms with Gasteiger partial charge in [-0.05, 0) is 46.5 Å². The molecule has 0 radical (unpaired) electrons. The van der Waals surface area contributed by atoms with Crippen molar-refractivity contribution in [2.75, 3.05) is 0 Å². The molecule has 0 amide bonds. The van der Waals surface area contributed by atoms with Crippen molar-refractivity contribution in [3.8, 4) is 0 Å². The molecule has 2 rings (SSSR count). The molecule has 0 bridgehead atoms. The van der Waals surface area contributed by atoms with Crippen LogP contribution in [0.15, 0.2) is 24.3 Å². The third-order valence-electron chi connectivity index (χ3n) is 3.89. The Balaban J connectivity index is 2.32. The number of aryl methyl sites for hydroxylation is 3. The SMILES string of the molecule is C=C(C)C1CC=CC(c2nc(C)c(C)nc2C)C1. The summed E-state index contributed by atoms with van der Waals surface area (Å²) in [6, 6.07) is 0. The zero-order valence-corrected chi connectivity index (χ0v) is 11.8. The molecule has 0 saturated heterocycles. The van der Waals surface area contributed by atoms with Gasteiger partial charge in [0.05, 0.1) is 22.8 Å². The fourth-order valence-electron chi connectivity index (χ4n) is 2.58. The van der Waals surface area contributed by atoms with Crippen molar-refractivity contribution in [3.63, 3.8) is 0 Å². The standard InChI is InChI=1S/C16H22N2/c1-10(2)14-7-6-8-15(9-14)16-13(5)17-11(3)12(4)18-16/h6,8,14-15H,1,7,9H2,2-5H3. The second kappa shape index (κ2) is 5.05. The number of allylic oxidation sites excluding steroid dienone is 3. The summed E-state index contributed by atoms with van der Waals surface area (Å²) in [6.07, 6.45) is 6.78. The van der Waals surface area contributed by atoms with Gasteiger partial charge in [-0.2, -0.15) is 0 Å². The lowest BCUT2D eigenvalue weighted by molar-refractivity contribution is 0.504. The molecule has 0 N–H and O–H groups in total. The molecule has 1 aromatic rings. The predicted octanol–water partition coefficient (Wildman–Crippen LogP) is 4.03. The Labute approximate surface area is 110 Å². The molecular formula is C16H22N2. The largest absolute Gasteiger partial charge is 0.255 e. The van der Waals surface area contributed by atoms with Crippen LogP contribution in [0.3, 0.4) is 0 Å². The monoisotopic (exact) mass is 242 g/mol. The van der Waals surface area contributed by atoms with E-state index in [0.29, 0.717) is 11.8 Å². The van der Waals surface area contributed by atoms with Gasteiger partial charge >= 0.3 is 0 Å². The van der Waals surface area contributed by atoms with E-state index in [2.05, 4.69) is 37.6 Å². The second-order valence-electron chi connectivity index (χ2n) is 5.41. The van der Waals surface area contributed by atoms with Crippen molar-refractivity contribution < 1.29 is 0 Å². The Morgan fingerprint density at radius 3 is 2.50 bits per heavy atom. The second-order valence-corrected chi connectivity index (χ2v) is 5.41. The lowest BCUT2D eigenvalue weighted by Crippen LogP contribution is -2.14. The Morgan fingerprint density at radius 2 is 1.83 bits per heavy atom. The van der Waals surface area contributed by atoms with Gasteiger partial charge in [-0.15, -0.1) is 0 Å². The van der Waals surface area contributed by atoms with E-state index in [-0.39, 0.29) is 0 Å². The fraction of sp³-hybridized carbons (Fsp3) is 0.500. The van der Waals surface area contributed by atoms with E-state index >= 15 is 0 Å². The molecule has 1 aromatic heterocycles. The van der Waals surface area contributed by atoms with E-state index in [1.165, 1.54) is 5.57 Å². The van der Waals surface area contributed by atoms with Gasteiger partial charge in [-0.1, -0.05) is 24.3 Å². The minimum Gasteiger partial charge on any atom is -0.255 e. The summed E-state index contributed by atoms with van der Waals surface area (Å²) in [7, 11) is 0. The number of hydrogen-bond acceptors (Lipinski definition) is 2. The summed E-state index contributed by atoms with van der Waals surface area (Å²) in [5.74, 6) is 0.982. The molecule has 0 aliphatic heterocycles. The van der Waals surface area contributed by atoms with E-state index in [0.717, 1.165) is 35.6 Å². The summed E-state index contributed by atoms with van der Waals surface area (Å²) in [5, 5.41) is 0. The Kier molecular flexibility index (Phi) is 3.65. The smallest absolute Gasteiger partial charge is 0.0688 e. The highest BCUT2D eigenvalue weighted by molar-refractivity contribution is 5.26. The summed E-state index contributed by atoms with van der Waals surface area (Å²) < 4.78 is 0. The maximum absolute atomic E-state index is 4.75. The highest BCUT2D eigenvalue weighted by Gasteiger charge is 2.22. The first-order valence-corrected chi connectivity index (χ1v) is 6.62. The van der Waals surface area contributed by atoms with Gasteiger partial charge in [0.15, 0.2) is 0 Å². The normalized spacial score (nSPS) is 23.1. The maximum Gasteiger partial charge on any atom is 0.0688 e. The molecule has 0 aromatic carbocycles. The summed E-state index contributed by atoms with van der Waals surface area (Å²) in [5.41, 5.74) is 5.56.